The van der Waals surface area contributed by atoms with Crippen molar-refractivity contribution in [3.05, 3.63) is 18.0 Å². The molecule has 1 fully saturated rings. The Morgan fingerprint density at radius 1 is 1.35 bits per heavy atom. The van der Waals surface area contributed by atoms with Gasteiger partial charge in [0.05, 0.1) is 12.0 Å². The molecular formula is C16H23N3S. The van der Waals surface area contributed by atoms with Crippen LogP contribution in [0.5, 0.6) is 0 Å². The van der Waals surface area contributed by atoms with Crippen LogP contribution in [0.1, 0.15) is 45.7 Å². The molecule has 108 valence electrons. The Hall–Kier alpha value is -1.08. The van der Waals surface area contributed by atoms with Crippen LogP contribution in [0.3, 0.4) is 0 Å². The minimum atomic E-state index is 0.128. The number of rotatable bonds is 2. The predicted molar refractivity (Wildman–Crippen MR) is 82.3 cm³/mol. The van der Waals surface area contributed by atoms with Crippen LogP contribution < -0.4 is 0 Å². The van der Waals surface area contributed by atoms with Crippen LogP contribution in [0.25, 0.3) is 0 Å². The van der Waals surface area contributed by atoms with Crippen LogP contribution in [0.2, 0.25) is 0 Å². The number of hydrogen-bond donors (Lipinski definition) is 0. The molecule has 1 aromatic heterocycles. The second-order valence-electron chi connectivity index (χ2n) is 6.75. The summed E-state index contributed by atoms with van der Waals surface area (Å²) in [6.07, 6.45) is 5.05. The van der Waals surface area contributed by atoms with Gasteiger partial charge in [0.25, 0.3) is 0 Å². The largest absolute Gasteiger partial charge is 0.231 e. The summed E-state index contributed by atoms with van der Waals surface area (Å²) in [5.74, 6) is 0.803. The van der Waals surface area contributed by atoms with E-state index in [0.29, 0.717) is 16.6 Å². The molecular weight excluding hydrogens is 266 g/mol. The van der Waals surface area contributed by atoms with Crippen molar-refractivity contribution in [3.8, 4) is 6.07 Å². The van der Waals surface area contributed by atoms with Crippen molar-refractivity contribution in [1.29, 1.82) is 5.26 Å². The van der Waals surface area contributed by atoms with Gasteiger partial charge >= 0.3 is 0 Å². The highest BCUT2D eigenvalue weighted by Gasteiger charge is 2.36. The minimum absolute atomic E-state index is 0.128. The van der Waals surface area contributed by atoms with Gasteiger partial charge in [-0.25, -0.2) is 9.97 Å². The summed E-state index contributed by atoms with van der Waals surface area (Å²) < 4.78 is 0. The molecule has 20 heavy (non-hydrogen) atoms. The number of thioether (sulfide) groups is 1. The molecule has 0 bridgehead atoms. The van der Waals surface area contributed by atoms with Crippen molar-refractivity contribution in [1.82, 2.24) is 9.97 Å². The van der Waals surface area contributed by atoms with Gasteiger partial charge in [0, 0.05) is 17.1 Å². The van der Waals surface area contributed by atoms with Crippen molar-refractivity contribution in [2.75, 3.05) is 0 Å². The zero-order valence-corrected chi connectivity index (χ0v) is 13.6. The fourth-order valence-electron chi connectivity index (χ4n) is 2.81. The summed E-state index contributed by atoms with van der Waals surface area (Å²) in [6, 6.07) is 4.39. The van der Waals surface area contributed by atoms with Gasteiger partial charge in [-0.15, -0.1) is 0 Å². The average molecular weight is 289 g/mol. The lowest BCUT2D eigenvalue weighted by Gasteiger charge is -2.39. The van der Waals surface area contributed by atoms with Gasteiger partial charge in [-0.2, -0.15) is 5.26 Å². The first kappa shape index (κ1) is 15.3. The Balaban J connectivity index is 2.12. The highest BCUT2D eigenvalue weighted by Crippen LogP contribution is 2.44. The molecule has 3 unspecified atom stereocenters. The number of nitrogens with zero attached hydrogens (tertiary/aromatic N) is 3. The first-order valence-corrected chi connectivity index (χ1v) is 8.14. The summed E-state index contributed by atoms with van der Waals surface area (Å²) >= 11 is 1.69. The Morgan fingerprint density at radius 3 is 2.70 bits per heavy atom. The second-order valence-corrected chi connectivity index (χ2v) is 7.95. The molecule has 3 nitrogen and oxygen atoms in total. The van der Waals surface area contributed by atoms with E-state index in [9.17, 15) is 5.26 Å². The van der Waals surface area contributed by atoms with Crippen LogP contribution in [-0.4, -0.2) is 15.2 Å². The van der Waals surface area contributed by atoms with Crippen molar-refractivity contribution >= 4 is 11.8 Å². The maximum atomic E-state index is 9.38. The van der Waals surface area contributed by atoms with Gasteiger partial charge in [0.2, 0.25) is 0 Å². The lowest BCUT2D eigenvalue weighted by Crippen LogP contribution is -2.33. The molecule has 0 radical (unpaired) electrons. The first-order valence-electron chi connectivity index (χ1n) is 7.26. The second kappa shape index (κ2) is 6.13. The topological polar surface area (TPSA) is 49.6 Å². The molecule has 1 saturated carbocycles. The fourth-order valence-corrected chi connectivity index (χ4v) is 4.09. The zero-order valence-electron chi connectivity index (χ0n) is 12.8. The number of hydrogen-bond acceptors (Lipinski definition) is 4. The number of aromatic nitrogens is 2. The Kier molecular flexibility index (Phi) is 4.70. The highest BCUT2D eigenvalue weighted by molar-refractivity contribution is 7.99. The summed E-state index contributed by atoms with van der Waals surface area (Å²) in [6.45, 7) is 8.88. The van der Waals surface area contributed by atoms with Gasteiger partial charge in [-0.1, -0.05) is 32.5 Å². The van der Waals surface area contributed by atoms with Crippen LogP contribution >= 0.6 is 11.8 Å². The van der Waals surface area contributed by atoms with Crippen LogP contribution in [0, 0.1) is 35.5 Å². The standard InChI is InChI=1S/C16H23N3S/c1-11-7-8-18-15(19-11)20-14-9-13(16(2,3)4)6-5-12(14)10-17/h7-8,12-14H,5-6,9H2,1-4H3. The molecule has 2 rings (SSSR count). The first-order chi connectivity index (χ1) is 9.40. The Morgan fingerprint density at radius 2 is 2.10 bits per heavy atom. The Bertz CT molecular complexity index is 501. The molecule has 0 amide bonds. The van der Waals surface area contributed by atoms with Crippen LogP contribution in [-0.2, 0) is 0 Å². The monoisotopic (exact) mass is 289 g/mol. The van der Waals surface area contributed by atoms with Crippen molar-refractivity contribution in [2.45, 2.75) is 57.4 Å². The smallest absolute Gasteiger partial charge is 0.188 e. The predicted octanol–water partition coefficient (Wildman–Crippen LogP) is 4.23. The Labute approximate surface area is 126 Å². The molecule has 1 aromatic rings. The fraction of sp³-hybridized carbons (Fsp3) is 0.688. The van der Waals surface area contributed by atoms with Gasteiger partial charge in [-0.05, 0) is 43.6 Å². The van der Waals surface area contributed by atoms with E-state index >= 15 is 0 Å². The maximum Gasteiger partial charge on any atom is 0.188 e. The highest BCUT2D eigenvalue weighted by atomic mass is 32.2. The maximum absolute atomic E-state index is 9.38. The number of nitriles is 1. The SMILES string of the molecule is Cc1ccnc(SC2CC(C(C)(C)C)CCC2C#N)n1. The van der Waals surface area contributed by atoms with Gasteiger partial charge in [0.1, 0.15) is 0 Å². The van der Waals surface area contributed by atoms with Gasteiger partial charge in [-0.3, -0.25) is 0 Å². The van der Waals surface area contributed by atoms with E-state index < -0.39 is 0 Å². The third-order valence-corrected chi connectivity index (χ3v) is 5.44. The lowest BCUT2D eigenvalue weighted by molar-refractivity contribution is 0.169. The lowest BCUT2D eigenvalue weighted by atomic mass is 9.70. The van der Waals surface area contributed by atoms with Crippen molar-refractivity contribution < 1.29 is 0 Å². The molecule has 0 saturated heterocycles. The molecule has 0 N–H and O–H groups in total. The minimum Gasteiger partial charge on any atom is -0.231 e. The number of aryl methyl sites for hydroxylation is 1. The third-order valence-electron chi connectivity index (χ3n) is 4.21. The van der Waals surface area contributed by atoms with E-state index in [1.165, 1.54) is 0 Å². The summed E-state index contributed by atoms with van der Waals surface area (Å²) in [5, 5.41) is 10.5. The van der Waals surface area contributed by atoms with E-state index in [0.717, 1.165) is 30.1 Å². The van der Waals surface area contributed by atoms with Gasteiger partial charge < -0.3 is 0 Å². The molecule has 3 atom stereocenters. The van der Waals surface area contributed by atoms with Crippen LogP contribution in [0.4, 0.5) is 0 Å². The quantitative estimate of drug-likeness (QED) is 0.764. The van der Waals surface area contributed by atoms with Crippen molar-refractivity contribution in [2.24, 2.45) is 17.3 Å². The van der Waals surface area contributed by atoms with E-state index in [2.05, 4.69) is 36.8 Å². The molecule has 1 aliphatic rings. The molecule has 0 aromatic carbocycles. The van der Waals surface area contributed by atoms with E-state index in [1.54, 1.807) is 18.0 Å². The van der Waals surface area contributed by atoms with E-state index in [1.807, 2.05) is 13.0 Å². The molecule has 4 heteroatoms. The van der Waals surface area contributed by atoms with E-state index in [-0.39, 0.29) is 5.92 Å². The molecule has 1 aliphatic carbocycles. The van der Waals surface area contributed by atoms with Gasteiger partial charge in [0.15, 0.2) is 5.16 Å². The molecule has 0 spiro atoms. The van der Waals surface area contributed by atoms with Crippen molar-refractivity contribution in [3.63, 3.8) is 0 Å². The normalized spacial score (nSPS) is 27.1. The molecule has 0 aliphatic heterocycles. The summed E-state index contributed by atoms with van der Waals surface area (Å²) in [4.78, 5) is 8.80. The molecule has 1 heterocycles. The third kappa shape index (κ3) is 3.73. The average Bonchev–Trinajstić information content (AvgIpc) is 2.37. The summed E-state index contributed by atoms with van der Waals surface area (Å²) in [7, 11) is 0. The van der Waals surface area contributed by atoms with Crippen LogP contribution in [0.15, 0.2) is 17.4 Å². The summed E-state index contributed by atoms with van der Waals surface area (Å²) in [5.41, 5.74) is 1.30. The zero-order chi connectivity index (χ0) is 14.8. The van der Waals surface area contributed by atoms with E-state index in [4.69, 9.17) is 0 Å².